The Kier molecular flexibility index (Phi) is 4.18. The van der Waals surface area contributed by atoms with Crippen LogP contribution in [0, 0.1) is 0 Å². The molecule has 3 rings (SSSR count). The monoisotopic (exact) mass is 359 g/mol. The minimum atomic E-state index is 0.202. The average molecular weight is 361 g/mol. The molecule has 0 aliphatic carbocycles. The summed E-state index contributed by atoms with van der Waals surface area (Å²) in [6.07, 6.45) is 0. The number of benzene rings is 3. The number of halogens is 2. The van der Waals surface area contributed by atoms with Crippen molar-refractivity contribution >= 4 is 44.0 Å². The van der Waals surface area contributed by atoms with E-state index in [1.807, 2.05) is 18.2 Å². The van der Waals surface area contributed by atoms with Crippen molar-refractivity contribution in [2.75, 3.05) is 5.32 Å². The van der Waals surface area contributed by atoms with Gasteiger partial charge in [-0.25, -0.2) is 0 Å². The summed E-state index contributed by atoms with van der Waals surface area (Å²) < 4.78 is 0.910. The molecule has 1 atom stereocenters. The molecule has 0 saturated carbocycles. The minimum Gasteiger partial charge on any atom is -0.378 e. The zero-order valence-corrected chi connectivity index (χ0v) is 13.9. The third-order valence-corrected chi connectivity index (χ3v) is 4.83. The number of fused-ring (bicyclic) bond motifs is 1. The molecule has 0 radical (unpaired) electrons. The van der Waals surface area contributed by atoms with E-state index in [2.05, 4.69) is 70.6 Å². The summed E-state index contributed by atoms with van der Waals surface area (Å²) in [5.41, 5.74) is 2.30. The predicted octanol–water partition coefficient (Wildman–Crippen LogP) is 6.43. The molecule has 0 saturated heterocycles. The number of anilines is 1. The van der Waals surface area contributed by atoms with Crippen molar-refractivity contribution in [1.82, 2.24) is 0 Å². The van der Waals surface area contributed by atoms with Gasteiger partial charge in [-0.2, -0.15) is 0 Å². The SMILES string of the molecule is CC(Nc1ccc(Br)c(Cl)c1)c1cccc2ccccc12. The maximum Gasteiger partial charge on any atom is 0.0568 e. The molecule has 1 N–H and O–H groups in total. The van der Waals surface area contributed by atoms with Gasteiger partial charge in [0.25, 0.3) is 0 Å². The average Bonchev–Trinajstić information content (AvgIpc) is 2.50. The van der Waals surface area contributed by atoms with Crippen LogP contribution in [0.25, 0.3) is 10.8 Å². The third kappa shape index (κ3) is 3.07. The van der Waals surface area contributed by atoms with Crippen LogP contribution in [0.15, 0.2) is 65.1 Å². The lowest BCUT2D eigenvalue weighted by Gasteiger charge is -2.18. The Morgan fingerprint density at radius 1 is 1.00 bits per heavy atom. The topological polar surface area (TPSA) is 12.0 Å². The lowest BCUT2D eigenvalue weighted by atomic mass is 9.99. The molecule has 0 bridgehead atoms. The molecule has 0 aromatic heterocycles. The number of rotatable bonds is 3. The van der Waals surface area contributed by atoms with Crippen LogP contribution in [0.5, 0.6) is 0 Å². The predicted molar refractivity (Wildman–Crippen MR) is 95.1 cm³/mol. The van der Waals surface area contributed by atoms with Gasteiger partial charge in [-0.05, 0) is 57.4 Å². The van der Waals surface area contributed by atoms with Crippen molar-refractivity contribution in [3.63, 3.8) is 0 Å². The van der Waals surface area contributed by atoms with Gasteiger partial charge < -0.3 is 5.32 Å². The van der Waals surface area contributed by atoms with E-state index in [1.165, 1.54) is 16.3 Å². The largest absolute Gasteiger partial charge is 0.378 e. The molecule has 3 aromatic rings. The molecule has 1 nitrogen and oxygen atoms in total. The minimum absolute atomic E-state index is 0.202. The van der Waals surface area contributed by atoms with Crippen LogP contribution in [0.3, 0.4) is 0 Å². The van der Waals surface area contributed by atoms with Crippen LogP contribution < -0.4 is 5.32 Å². The van der Waals surface area contributed by atoms with Crippen LogP contribution >= 0.6 is 27.5 Å². The quantitative estimate of drug-likeness (QED) is 0.567. The summed E-state index contributed by atoms with van der Waals surface area (Å²) in [5.74, 6) is 0. The third-order valence-electron chi connectivity index (χ3n) is 3.59. The number of hydrogen-bond donors (Lipinski definition) is 1. The second kappa shape index (κ2) is 6.08. The van der Waals surface area contributed by atoms with Crippen molar-refractivity contribution in [1.29, 1.82) is 0 Å². The summed E-state index contributed by atoms with van der Waals surface area (Å²) in [4.78, 5) is 0. The molecule has 0 fully saturated rings. The van der Waals surface area contributed by atoms with E-state index in [-0.39, 0.29) is 6.04 Å². The Bertz CT molecular complexity index is 780. The molecule has 3 heteroatoms. The molecule has 0 aliphatic heterocycles. The fourth-order valence-corrected chi connectivity index (χ4v) is 2.97. The van der Waals surface area contributed by atoms with Crippen molar-refractivity contribution < 1.29 is 0 Å². The molecular weight excluding hydrogens is 346 g/mol. The zero-order chi connectivity index (χ0) is 14.8. The number of nitrogens with one attached hydrogen (secondary N) is 1. The Labute approximate surface area is 138 Å². The second-order valence-electron chi connectivity index (χ2n) is 5.06. The van der Waals surface area contributed by atoms with E-state index < -0.39 is 0 Å². The van der Waals surface area contributed by atoms with Gasteiger partial charge in [0.2, 0.25) is 0 Å². The summed E-state index contributed by atoms with van der Waals surface area (Å²) >= 11 is 9.56. The van der Waals surface area contributed by atoms with Gasteiger partial charge in [-0.1, -0.05) is 54.1 Å². The summed E-state index contributed by atoms with van der Waals surface area (Å²) in [7, 11) is 0. The molecular formula is C18H15BrClN. The standard InChI is InChI=1S/C18H15BrClN/c1-12(21-14-9-10-17(19)18(20)11-14)15-8-4-6-13-5-2-3-7-16(13)15/h2-12,21H,1H3. The van der Waals surface area contributed by atoms with E-state index >= 15 is 0 Å². The van der Waals surface area contributed by atoms with Gasteiger partial charge >= 0.3 is 0 Å². The molecule has 0 spiro atoms. The van der Waals surface area contributed by atoms with E-state index in [0.717, 1.165) is 10.2 Å². The fraction of sp³-hybridized carbons (Fsp3) is 0.111. The van der Waals surface area contributed by atoms with Gasteiger partial charge in [0.1, 0.15) is 0 Å². The highest BCUT2D eigenvalue weighted by Gasteiger charge is 2.09. The van der Waals surface area contributed by atoms with Crippen molar-refractivity contribution in [3.05, 3.63) is 75.7 Å². The molecule has 0 aliphatic rings. The normalized spacial score (nSPS) is 12.3. The lowest BCUT2D eigenvalue weighted by molar-refractivity contribution is 0.894. The van der Waals surface area contributed by atoms with Crippen molar-refractivity contribution in [2.24, 2.45) is 0 Å². The van der Waals surface area contributed by atoms with Crippen LogP contribution in [0.2, 0.25) is 5.02 Å². The van der Waals surface area contributed by atoms with Gasteiger partial charge in [0.15, 0.2) is 0 Å². The zero-order valence-electron chi connectivity index (χ0n) is 11.6. The van der Waals surface area contributed by atoms with Crippen LogP contribution in [-0.4, -0.2) is 0 Å². The summed E-state index contributed by atoms with van der Waals surface area (Å²) in [6.45, 7) is 2.16. The van der Waals surface area contributed by atoms with Crippen molar-refractivity contribution in [3.8, 4) is 0 Å². The maximum absolute atomic E-state index is 6.15. The van der Waals surface area contributed by atoms with E-state index in [9.17, 15) is 0 Å². The van der Waals surface area contributed by atoms with Crippen LogP contribution in [0.4, 0.5) is 5.69 Å². The molecule has 0 amide bonds. The van der Waals surface area contributed by atoms with Gasteiger partial charge in [0.05, 0.1) is 5.02 Å². The molecule has 21 heavy (non-hydrogen) atoms. The van der Waals surface area contributed by atoms with Crippen LogP contribution in [0.1, 0.15) is 18.5 Å². The smallest absolute Gasteiger partial charge is 0.0568 e. The fourth-order valence-electron chi connectivity index (χ4n) is 2.54. The van der Waals surface area contributed by atoms with Gasteiger partial charge in [0, 0.05) is 16.2 Å². The van der Waals surface area contributed by atoms with Gasteiger partial charge in [-0.15, -0.1) is 0 Å². The molecule has 1 unspecified atom stereocenters. The first-order valence-electron chi connectivity index (χ1n) is 6.84. The molecule has 3 aromatic carbocycles. The first kappa shape index (κ1) is 14.4. The Balaban J connectivity index is 1.93. The Morgan fingerprint density at radius 3 is 2.57 bits per heavy atom. The Hall–Kier alpha value is -1.51. The number of hydrogen-bond acceptors (Lipinski definition) is 1. The van der Waals surface area contributed by atoms with E-state index in [4.69, 9.17) is 11.6 Å². The first-order valence-corrected chi connectivity index (χ1v) is 8.01. The maximum atomic E-state index is 6.15. The Morgan fingerprint density at radius 2 is 1.76 bits per heavy atom. The summed E-state index contributed by atoms with van der Waals surface area (Å²) in [5, 5.41) is 6.77. The van der Waals surface area contributed by atoms with Crippen LogP contribution in [-0.2, 0) is 0 Å². The summed E-state index contributed by atoms with van der Waals surface area (Å²) in [6, 6.07) is 21.0. The van der Waals surface area contributed by atoms with E-state index in [1.54, 1.807) is 0 Å². The van der Waals surface area contributed by atoms with E-state index in [0.29, 0.717) is 5.02 Å². The highest BCUT2D eigenvalue weighted by Crippen LogP contribution is 2.30. The highest BCUT2D eigenvalue weighted by atomic mass is 79.9. The first-order chi connectivity index (χ1) is 10.1. The highest BCUT2D eigenvalue weighted by molar-refractivity contribution is 9.10. The lowest BCUT2D eigenvalue weighted by Crippen LogP contribution is -2.07. The second-order valence-corrected chi connectivity index (χ2v) is 6.32. The van der Waals surface area contributed by atoms with Gasteiger partial charge in [-0.3, -0.25) is 0 Å². The molecule has 106 valence electrons. The molecule has 0 heterocycles. The van der Waals surface area contributed by atoms with Crippen molar-refractivity contribution in [2.45, 2.75) is 13.0 Å².